The Morgan fingerprint density at radius 1 is 1.31 bits per heavy atom. The van der Waals surface area contributed by atoms with E-state index in [9.17, 15) is 0 Å². The predicted molar refractivity (Wildman–Crippen MR) is 107 cm³/mol. The second kappa shape index (κ2) is 7.82. The number of hydrogen-bond acceptors (Lipinski definition) is 6. The van der Waals surface area contributed by atoms with E-state index in [1.165, 1.54) is 0 Å². The summed E-state index contributed by atoms with van der Waals surface area (Å²) in [7, 11) is 3.48. The molecule has 2 heterocycles. The first kappa shape index (κ1) is 18.3. The minimum absolute atomic E-state index is 0.383. The number of benzene rings is 1. The summed E-state index contributed by atoms with van der Waals surface area (Å²) in [6, 6.07) is 9.37. The van der Waals surface area contributed by atoms with Crippen LogP contribution in [0.2, 0.25) is 5.02 Å². The van der Waals surface area contributed by atoms with Crippen LogP contribution in [0.4, 0.5) is 17.2 Å². The van der Waals surface area contributed by atoms with Crippen LogP contribution in [0.15, 0.2) is 35.7 Å². The average Bonchev–Trinajstić information content (AvgIpc) is 3.16. The van der Waals surface area contributed by atoms with Gasteiger partial charge < -0.3 is 20.8 Å². The van der Waals surface area contributed by atoms with E-state index in [1.807, 2.05) is 35.9 Å². The Labute approximate surface area is 160 Å². The van der Waals surface area contributed by atoms with E-state index in [0.717, 1.165) is 16.3 Å². The number of ether oxygens (including phenoxy) is 1. The average molecular weight is 389 g/mol. The van der Waals surface area contributed by atoms with Gasteiger partial charge in [0.2, 0.25) is 0 Å². The summed E-state index contributed by atoms with van der Waals surface area (Å²) in [5.41, 5.74) is 2.55. The van der Waals surface area contributed by atoms with Crippen molar-refractivity contribution in [3.8, 4) is 16.5 Å². The fourth-order valence-electron chi connectivity index (χ4n) is 2.52. The van der Waals surface area contributed by atoms with Gasteiger partial charge in [-0.1, -0.05) is 17.7 Å². The molecule has 3 aromatic rings. The van der Waals surface area contributed by atoms with Gasteiger partial charge in [0.1, 0.15) is 5.75 Å². The van der Waals surface area contributed by atoms with Crippen LogP contribution in [0.25, 0.3) is 10.7 Å². The molecule has 1 aromatic carbocycles. The smallest absolute Gasteiger partial charge is 0.200 e. The molecule has 0 aliphatic rings. The summed E-state index contributed by atoms with van der Waals surface area (Å²) in [6.45, 7) is 1.72. The first-order valence-corrected chi connectivity index (χ1v) is 9.20. The van der Waals surface area contributed by atoms with Gasteiger partial charge in [-0.15, -0.1) is 11.3 Å². The summed E-state index contributed by atoms with van der Waals surface area (Å²) in [5, 5.41) is 15.8. The fraction of sp³-hybridized carbons (Fsp3) is 0.167. The third kappa shape index (κ3) is 3.70. The van der Waals surface area contributed by atoms with Gasteiger partial charge in [-0.25, -0.2) is 9.97 Å². The lowest BCUT2D eigenvalue weighted by molar-refractivity contribution is -0.539. The van der Waals surface area contributed by atoms with Gasteiger partial charge in [-0.05, 0) is 36.6 Å². The third-order valence-corrected chi connectivity index (χ3v) is 4.91. The van der Waals surface area contributed by atoms with Gasteiger partial charge in [0.15, 0.2) is 23.0 Å². The van der Waals surface area contributed by atoms with Crippen LogP contribution in [0.3, 0.4) is 0 Å². The number of aromatic nitrogens is 2. The van der Waals surface area contributed by atoms with E-state index in [1.54, 1.807) is 37.5 Å². The molecule has 0 saturated heterocycles. The predicted octanol–water partition coefficient (Wildman–Crippen LogP) is 3.82. The zero-order chi connectivity index (χ0) is 18.7. The number of nitrogens with one attached hydrogen (secondary N) is 2. The number of methoxy groups -OCH3 is 1. The molecule has 0 atom stereocenters. The second-order valence-corrected chi connectivity index (χ2v) is 6.88. The van der Waals surface area contributed by atoms with Gasteiger partial charge >= 0.3 is 0 Å². The third-order valence-electron chi connectivity index (χ3n) is 3.75. The van der Waals surface area contributed by atoms with E-state index in [-0.39, 0.29) is 0 Å². The number of nitrogens with two attached hydrogens (primary N) is 1. The van der Waals surface area contributed by atoms with Gasteiger partial charge in [0, 0.05) is 5.69 Å². The molecule has 0 fully saturated rings. The molecule has 0 saturated carbocycles. The van der Waals surface area contributed by atoms with Crippen molar-refractivity contribution < 1.29 is 10.1 Å². The van der Waals surface area contributed by atoms with Gasteiger partial charge in [-0.3, -0.25) is 0 Å². The Kier molecular flexibility index (Phi) is 5.51. The van der Waals surface area contributed by atoms with Gasteiger partial charge in [-0.2, -0.15) is 0 Å². The van der Waals surface area contributed by atoms with Crippen LogP contribution >= 0.6 is 22.9 Å². The summed E-state index contributed by atoms with van der Waals surface area (Å²) < 4.78 is 5.20. The van der Waals surface area contributed by atoms with Crippen molar-refractivity contribution in [1.29, 1.82) is 5.41 Å². The maximum absolute atomic E-state index is 8.09. The highest BCUT2D eigenvalue weighted by molar-refractivity contribution is 7.13. The van der Waals surface area contributed by atoms with Crippen molar-refractivity contribution in [1.82, 2.24) is 9.97 Å². The number of thiophene rings is 1. The highest BCUT2D eigenvalue weighted by Crippen LogP contribution is 2.32. The van der Waals surface area contributed by atoms with E-state index in [4.69, 9.17) is 21.7 Å². The molecular formula is C18H19ClN5OS+. The van der Waals surface area contributed by atoms with Crippen LogP contribution in [0.5, 0.6) is 5.75 Å². The van der Waals surface area contributed by atoms with Crippen LogP contribution in [0, 0.1) is 5.41 Å². The molecule has 0 radical (unpaired) electrons. The van der Waals surface area contributed by atoms with Crippen LogP contribution in [-0.4, -0.2) is 29.8 Å². The zero-order valence-electron chi connectivity index (χ0n) is 14.6. The maximum atomic E-state index is 8.09. The molecule has 2 aromatic heterocycles. The fourth-order valence-corrected chi connectivity index (χ4v) is 3.44. The lowest BCUT2D eigenvalue weighted by Gasteiger charge is -2.13. The minimum atomic E-state index is 0.383. The lowest BCUT2D eigenvalue weighted by Crippen LogP contribution is -2.73. The number of halogens is 1. The number of anilines is 2. The quantitative estimate of drug-likeness (QED) is 0.560. The molecule has 0 aliphatic heterocycles. The molecule has 4 N–H and O–H groups in total. The second-order valence-electron chi connectivity index (χ2n) is 5.52. The van der Waals surface area contributed by atoms with Crippen molar-refractivity contribution in [2.24, 2.45) is 0 Å². The molecule has 0 amide bonds. The molecule has 0 unspecified atom stereocenters. The molecule has 3 rings (SSSR count). The zero-order valence-corrected chi connectivity index (χ0v) is 16.2. The summed E-state index contributed by atoms with van der Waals surface area (Å²) >= 11 is 7.79. The lowest BCUT2D eigenvalue weighted by atomic mass is 10.2. The van der Waals surface area contributed by atoms with Crippen LogP contribution < -0.4 is 15.4 Å². The molecule has 0 bridgehead atoms. The standard InChI is InChI=1S/C18H18ClN5OS/c1-10(20)15-16(21-2)18(24-17(23-15)14-5-4-8-26-14)22-11-6-7-13(25-3)12(19)9-11/h4-9,20-21H,1-3H3,(H,22,23,24)/p+1. The Hall–Kier alpha value is -2.48. The minimum Gasteiger partial charge on any atom is -0.495 e. The van der Waals surface area contributed by atoms with Crippen LogP contribution in [-0.2, 0) is 0 Å². The van der Waals surface area contributed by atoms with Crippen molar-refractivity contribution in [3.05, 3.63) is 46.4 Å². The van der Waals surface area contributed by atoms with Gasteiger partial charge in [0.25, 0.3) is 0 Å². The first-order valence-electron chi connectivity index (χ1n) is 7.95. The number of rotatable bonds is 6. The van der Waals surface area contributed by atoms with Crippen LogP contribution in [0.1, 0.15) is 12.6 Å². The van der Waals surface area contributed by atoms with E-state index in [0.29, 0.717) is 33.8 Å². The molecule has 6 nitrogen and oxygen atoms in total. The van der Waals surface area contributed by atoms with Crippen molar-refractivity contribution in [3.63, 3.8) is 0 Å². The molecule has 26 heavy (non-hydrogen) atoms. The molecule has 8 heteroatoms. The Balaban J connectivity index is 2.09. The highest BCUT2D eigenvalue weighted by Gasteiger charge is 2.20. The number of quaternary nitrogens is 1. The summed E-state index contributed by atoms with van der Waals surface area (Å²) in [4.78, 5) is 10.2. The van der Waals surface area contributed by atoms with E-state index in [2.05, 4.69) is 15.3 Å². The molecule has 0 aliphatic carbocycles. The SMILES string of the molecule is C[NH2+]c1c(Nc2ccc(OC)c(Cl)c2)nc(-c2cccs2)nc1C(C)=N. The number of hydrogen-bond donors (Lipinski definition) is 3. The number of nitrogens with zero attached hydrogens (tertiary/aromatic N) is 2. The Morgan fingerprint density at radius 2 is 2.12 bits per heavy atom. The first-order chi connectivity index (χ1) is 12.5. The van der Waals surface area contributed by atoms with Crippen molar-refractivity contribution in [2.45, 2.75) is 6.92 Å². The Bertz CT molecular complexity index is 943. The highest BCUT2D eigenvalue weighted by atomic mass is 35.5. The largest absolute Gasteiger partial charge is 0.495 e. The monoisotopic (exact) mass is 388 g/mol. The molecule has 0 spiro atoms. The molecular weight excluding hydrogens is 370 g/mol. The maximum Gasteiger partial charge on any atom is 0.200 e. The topological polar surface area (TPSA) is 87.5 Å². The van der Waals surface area contributed by atoms with Crippen molar-refractivity contribution in [2.75, 3.05) is 19.5 Å². The van der Waals surface area contributed by atoms with Crippen molar-refractivity contribution >= 4 is 45.8 Å². The van der Waals surface area contributed by atoms with E-state index >= 15 is 0 Å². The summed E-state index contributed by atoms with van der Waals surface area (Å²) in [5.74, 6) is 1.83. The van der Waals surface area contributed by atoms with E-state index < -0.39 is 0 Å². The normalized spacial score (nSPS) is 10.6. The van der Waals surface area contributed by atoms with Gasteiger partial charge in [0.05, 0.1) is 29.8 Å². The molecule has 134 valence electrons. The Morgan fingerprint density at radius 3 is 2.69 bits per heavy atom. The summed E-state index contributed by atoms with van der Waals surface area (Å²) in [6.07, 6.45) is 0.